The molecular formula is C13H18N4. The maximum atomic E-state index is 9.00. The van der Waals surface area contributed by atoms with E-state index in [0.29, 0.717) is 11.4 Å². The molecule has 0 unspecified atom stereocenters. The molecule has 0 amide bonds. The molecule has 0 N–H and O–H groups in total. The van der Waals surface area contributed by atoms with Crippen LogP contribution >= 0.6 is 0 Å². The summed E-state index contributed by atoms with van der Waals surface area (Å²) >= 11 is 0. The predicted molar refractivity (Wildman–Crippen MR) is 69.5 cm³/mol. The Morgan fingerprint density at radius 1 is 1.35 bits per heavy atom. The van der Waals surface area contributed by atoms with Crippen molar-refractivity contribution >= 4 is 12.2 Å². The van der Waals surface area contributed by atoms with Crippen molar-refractivity contribution in [2.75, 3.05) is 14.1 Å². The molecule has 90 valence electrons. The molecule has 0 saturated carbocycles. The summed E-state index contributed by atoms with van der Waals surface area (Å²) in [4.78, 5) is 10.5. The molecule has 0 aliphatic heterocycles. The van der Waals surface area contributed by atoms with Crippen molar-refractivity contribution in [3.63, 3.8) is 0 Å². The Morgan fingerprint density at radius 3 is 2.47 bits per heavy atom. The fourth-order valence-electron chi connectivity index (χ4n) is 1.22. The molecule has 1 heterocycles. The maximum absolute atomic E-state index is 9.00. The summed E-state index contributed by atoms with van der Waals surface area (Å²) in [5.74, 6) is 0.480. The van der Waals surface area contributed by atoms with Crippen molar-refractivity contribution in [3.8, 4) is 6.07 Å². The minimum Gasteiger partial charge on any atom is -0.369 e. The third-order valence-electron chi connectivity index (χ3n) is 2.17. The lowest BCUT2D eigenvalue weighted by Gasteiger charge is -2.18. The summed E-state index contributed by atoms with van der Waals surface area (Å²) in [5, 5.41) is 9.00. The normalized spacial score (nSPS) is 11.5. The molecule has 1 aromatic heterocycles. The largest absolute Gasteiger partial charge is 0.369 e. The second kappa shape index (κ2) is 4.96. The van der Waals surface area contributed by atoms with Gasteiger partial charge in [0.2, 0.25) is 0 Å². The number of hydrogen-bond acceptors (Lipinski definition) is 3. The molecule has 0 spiro atoms. The minimum atomic E-state index is -0.0453. The molecule has 4 heteroatoms. The fraction of sp³-hybridized carbons (Fsp3) is 0.462. The zero-order valence-electron chi connectivity index (χ0n) is 11.0. The van der Waals surface area contributed by atoms with Gasteiger partial charge in [-0.25, -0.2) is 9.98 Å². The van der Waals surface area contributed by atoms with Crippen molar-refractivity contribution in [2.24, 2.45) is 4.99 Å². The quantitative estimate of drug-likeness (QED) is 0.579. The lowest BCUT2D eigenvalue weighted by Crippen LogP contribution is -2.13. The van der Waals surface area contributed by atoms with Gasteiger partial charge >= 0.3 is 0 Å². The van der Waals surface area contributed by atoms with E-state index < -0.39 is 0 Å². The fourth-order valence-corrected chi connectivity index (χ4v) is 1.22. The van der Waals surface area contributed by atoms with Crippen LogP contribution in [-0.2, 0) is 5.41 Å². The van der Waals surface area contributed by atoms with Gasteiger partial charge in [-0.2, -0.15) is 5.26 Å². The summed E-state index contributed by atoms with van der Waals surface area (Å²) in [6, 6.07) is 5.76. The topological polar surface area (TPSA) is 52.3 Å². The first-order valence-corrected chi connectivity index (χ1v) is 5.47. The van der Waals surface area contributed by atoms with Gasteiger partial charge < -0.3 is 4.90 Å². The van der Waals surface area contributed by atoms with Crippen LogP contribution < -0.4 is 0 Å². The number of nitriles is 1. The van der Waals surface area contributed by atoms with E-state index in [0.717, 1.165) is 5.69 Å². The Balaban J connectivity index is 3.22. The Kier molecular flexibility index (Phi) is 3.84. The van der Waals surface area contributed by atoms with E-state index in [1.54, 1.807) is 12.4 Å². The van der Waals surface area contributed by atoms with E-state index >= 15 is 0 Å². The molecule has 0 aliphatic rings. The van der Waals surface area contributed by atoms with Crippen LogP contribution in [-0.4, -0.2) is 30.3 Å². The molecule has 17 heavy (non-hydrogen) atoms. The highest BCUT2D eigenvalue weighted by molar-refractivity contribution is 5.62. The molecule has 0 aliphatic carbocycles. The van der Waals surface area contributed by atoms with E-state index in [-0.39, 0.29) is 5.41 Å². The summed E-state index contributed by atoms with van der Waals surface area (Å²) in [7, 11) is 3.76. The lowest BCUT2D eigenvalue weighted by atomic mass is 9.91. The van der Waals surface area contributed by atoms with Crippen molar-refractivity contribution in [1.82, 2.24) is 9.88 Å². The Morgan fingerprint density at radius 2 is 2.00 bits per heavy atom. The second-order valence-electron chi connectivity index (χ2n) is 5.14. The van der Waals surface area contributed by atoms with Crippen LogP contribution in [0.15, 0.2) is 17.1 Å². The third-order valence-corrected chi connectivity index (χ3v) is 2.17. The molecule has 0 radical (unpaired) electrons. The standard InChI is InChI=1S/C13H18N4/c1-13(2,3)11-7-6-10(8-14)12(16-11)15-9-17(4)5/h6-7,9H,1-5H3/b15-9-. The summed E-state index contributed by atoms with van der Waals surface area (Å²) in [6.07, 6.45) is 1.65. The highest BCUT2D eigenvalue weighted by Crippen LogP contribution is 2.24. The van der Waals surface area contributed by atoms with Gasteiger partial charge in [-0.15, -0.1) is 0 Å². The number of nitrogens with zero attached hydrogens (tertiary/aromatic N) is 4. The molecule has 0 saturated heterocycles. The van der Waals surface area contributed by atoms with Crippen LogP contribution in [0.5, 0.6) is 0 Å². The van der Waals surface area contributed by atoms with E-state index in [2.05, 4.69) is 36.8 Å². The van der Waals surface area contributed by atoms with Gasteiger partial charge in [-0.05, 0) is 12.1 Å². The maximum Gasteiger partial charge on any atom is 0.171 e. The van der Waals surface area contributed by atoms with Crippen LogP contribution in [0.25, 0.3) is 0 Å². The average molecular weight is 230 g/mol. The highest BCUT2D eigenvalue weighted by Gasteiger charge is 2.17. The smallest absolute Gasteiger partial charge is 0.171 e. The molecule has 1 aromatic rings. The number of hydrogen-bond donors (Lipinski definition) is 0. The van der Waals surface area contributed by atoms with E-state index in [9.17, 15) is 0 Å². The molecule has 0 fully saturated rings. The van der Waals surface area contributed by atoms with Gasteiger partial charge in [0, 0.05) is 25.2 Å². The Labute approximate surface area is 103 Å². The van der Waals surface area contributed by atoms with Gasteiger partial charge in [0.05, 0.1) is 11.9 Å². The molecule has 0 atom stereocenters. The van der Waals surface area contributed by atoms with Gasteiger partial charge in [-0.3, -0.25) is 0 Å². The molecular weight excluding hydrogens is 212 g/mol. The van der Waals surface area contributed by atoms with Crippen molar-refractivity contribution in [1.29, 1.82) is 5.26 Å². The molecule has 0 bridgehead atoms. The Bertz CT molecular complexity index is 461. The summed E-state index contributed by atoms with van der Waals surface area (Å²) in [5.41, 5.74) is 1.38. The van der Waals surface area contributed by atoms with E-state index in [1.165, 1.54) is 0 Å². The van der Waals surface area contributed by atoms with Crippen molar-refractivity contribution in [2.45, 2.75) is 26.2 Å². The minimum absolute atomic E-state index is 0.0453. The van der Waals surface area contributed by atoms with Gasteiger partial charge in [0.25, 0.3) is 0 Å². The first-order chi connectivity index (χ1) is 7.84. The van der Waals surface area contributed by atoms with Gasteiger partial charge in [0.15, 0.2) is 5.82 Å². The first-order valence-electron chi connectivity index (χ1n) is 5.47. The second-order valence-corrected chi connectivity index (χ2v) is 5.14. The van der Waals surface area contributed by atoms with E-state index in [4.69, 9.17) is 5.26 Å². The van der Waals surface area contributed by atoms with Gasteiger partial charge in [-0.1, -0.05) is 20.8 Å². The zero-order valence-corrected chi connectivity index (χ0v) is 11.0. The predicted octanol–water partition coefficient (Wildman–Crippen LogP) is 2.47. The van der Waals surface area contributed by atoms with Crippen LogP contribution in [0.1, 0.15) is 32.0 Å². The summed E-state index contributed by atoms with van der Waals surface area (Å²) in [6.45, 7) is 6.25. The molecule has 1 rings (SSSR count). The number of aromatic nitrogens is 1. The average Bonchev–Trinajstić information content (AvgIpc) is 2.24. The third kappa shape index (κ3) is 3.56. The van der Waals surface area contributed by atoms with Crippen LogP contribution in [0, 0.1) is 11.3 Å². The van der Waals surface area contributed by atoms with Crippen LogP contribution in [0.2, 0.25) is 0 Å². The van der Waals surface area contributed by atoms with Crippen LogP contribution in [0.4, 0.5) is 5.82 Å². The Hall–Kier alpha value is -1.89. The number of aliphatic imine (C=N–C) groups is 1. The zero-order chi connectivity index (χ0) is 13.1. The first kappa shape index (κ1) is 13.2. The lowest BCUT2D eigenvalue weighted by molar-refractivity contribution is 0.569. The van der Waals surface area contributed by atoms with Gasteiger partial charge in [0.1, 0.15) is 6.07 Å². The van der Waals surface area contributed by atoms with Crippen molar-refractivity contribution in [3.05, 3.63) is 23.4 Å². The van der Waals surface area contributed by atoms with E-state index in [1.807, 2.05) is 25.1 Å². The number of pyridine rings is 1. The SMILES string of the molecule is CN(C)/C=N\c1nc(C(C)(C)C)ccc1C#N. The molecule has 4 nitrogen and oxygen atoms in total. The highest BCUT2D eigenvalue weighted by atomic mass is 15.1. The van der Waals surface area contributed by atoms with Crippen molar-refractivity contribution < 1.29 is 0 Å². The summed E-state index contributed by atoms with van der Waals surface area (Å²) < 4.78 is 0. The van der Waals surface area contributed by atoms with Crippen LogP contribution in [0.3, 0.4) is 0 Å². The number of rotatable bonds is 2. The monoisotopic (exact) mass is 230 g/mol. The molecule has 0 aromatic carbocycles.